The molecular weight excluding hydrogens is 748 g/mol. The van der Waals surface area contributed by atoms with Crippen LogP contribution in [0.5, 0.6) is 5.88 Å². The zero-order valence-electron chi connectivity index (χ0n) is 26.5. The van der Waals surface area contributed by atoms with Gasteiger partial charge < -0.3 is 24.8 Å². The molecule has 13 heteroatoms. The lowest BCUT2D eigenvalue weighted by atomic mass is 9.78. The molecule has 4 aliphatic rings. The topological polar surface area (TPSA) is 110 Å². The van der Waals surface area contributed by atoms with Crippen LogP contribution in [0, 0.1) is 15.3 Å². The molecule has 3 aliphatic heterocycles. The van der Waals surface area contributed by atoms with Crippen molar-refractivity contribution in [3.05, 3.63) is 19.9 Å². The van der Waals surface area contributed by atoms with Gasteiger partial charge in [-0.25, -0.2) is 19.0 Å². The van der Waals surface area contributed by atoms with Crippen LogP contribution in [-0.4, -0.2) is 82.5 Å². The van der Waals surface area contributed by atoms with E-state index in [9.17, 15) is 9.59 Å². The fourth-order valence-corrected chi connectivity index (χ4v) is 7.44. The molecule has 3 saturated heterocycles. The maximum Gasteiger partial charge on any atom is 0.415 e. The van der Waals surface area contributed by atoms with E-state index in [1.54, 1.807) is 31.7 Å². The molecule has 3 unspecified atom stereocenters. The summed E-state index contributed by atoms with van der Waals surface area (Å²) < 4.78 is 34.8. The number of halogens is 3. The third-order valence-corrected chi connectivity index (χ3v) is 10.9. The Morgan fingerprint density at radius 2 is 1.86 bits per heavy atom. The largest absolute Gasteiger partial charge is 0.471 e. The number of pyridine rings is 1. The molecule has 1 aliphatic carbocycles. The van der Waals surface area contributed by atoms with Crippen LogP contribution in [0.1, 0.15) is 67.7 Å². The third-order valence-electron chi connectivity index (χ3n) is 8.52. The van der Waals surface area contributed by atoms with Crippen LogP contribution in [0.3, 0.4) is 0 Å². The van der Waals surface area contributed by atoms with Crippen LogP contribution in [-0.2, 0) is 9.47 Å². The summed E-state index contributed by atoms with van der Waals surface area (Å²) >= 11 is 5.39. The number of carbonyl (C=O) groups excluding carboxylic acids is 2. The first-order chi connectivity index (χ1) is 20.4. The summed E-state index contributed by atoms with van der Waals surface area (Å²) in [5.74, 6) is -0.589. The van der Waals surface area contributed by atoms with Gasteiger partial charge in [0.15, 0.2) is 5.82 Å². The Morgan fingerprint density at radius 1 is 1.20 bits per heavy atom. The summed E-state index contributed by atoms with van der Waals surface area (Å²) in [7, 11) is 2.05. The Kier molecular flexibility index (Phi) is 8.99. The predicted octanol–water partition coefficient (Wildman–Crippen LogP) is 6.93. The second kappa shape index (κ2) is 11.9. The van der Waals surface area contributed by atoms with E-state index in [4.69, 9.17) is 19.9 Å². The Morgan fingerprint density at radius 3 is 2.45 bits per heavy atom. The number of carbonyl (C=O) groups is 2. The highest BCUT2D eigenvalue weighted by molar-refractivity contribution is 14.1. The molecule has 44 heavy (non-hydrogen) atoms. The Balaban J connectivity index is 1.66. The number of anilines is 2. The Labute approximate surface area is 280 Å². The average Bonchev–Trinajstić information content (AvgIpc) is 3.61. The van der Waals surface area contributed by atoms with E-state index >= 15 is 4.39 Å². The summed E-state index contributed by atoms with van der Waals surface area (Å²) in [6, 6.07) is 1.08. The number of ether oxygens (including phenoxy) is 3. The van der Waals surface area contributed by atoms with E-state index in [0.717, 1.165) is 19.4 Å². The minimum Gasteiger partial charge on any atom is -0.471 e. The molecule has 2 aromatic rings. The lowest BCUT2D eigenvalue weighted by Gasteiger charge is -2.44. The van der Waals surface area contributed by atoms with Crippen molar-refractivity contribution in [3.63, 3.8) is 0 Å². The molecule has 2 N–H and O–H groups in total. The van der Waals surface area contributed by atoms with Gasteiger partial charge in [0.1, 0.15) is 28.5 Å². The first-order valence-electron chi connectivity index (χ1n) is 15.0. The number of nitrogen functional groups attached to an aromatic ring is 1. The quantitative estimate of drug-likeness (QED) is 0.257. The molecule has 1 saturated carbocycles. The van der Waals surface area contributed by atoms with E-state index in [-0.39, 0.29) is 51.3 Å². The van der Waals surface area contributed by atoms with Crippen LogP contribution in [0.15, 0.2) is 10.5 Å². The van der Waals surface area contributed by atoms with Crippen molar-refractivity contribution in [3.8, 4) is 5.88 Å². The number of hydrogen-bond acceptors (Lipinski definition) is 8. The molecule has 0 spiro atoms. The number of aromatic nitrogens is 1. The van der Waals surface area contributed by atoms with Crippen LogP contribution in [0.4, 0.5) is 25.4 Å². The molecule has 4 heterocycles. The summed E-state index contributed by atoms with van der Waals surface area (Å²) in [5, 5.41) is 0.353. The first-order valence-corrected chi connectivity index (χ1v) is 16.9. The smallest absolute Gasteiger partial charge is 0.415 e. The third kappa shape index (κ3) is 6.29. The fourth-order valence-electron chi connectivity index (χ4n) is 6.59. The van der Waals surface area contributed by atoms with Crippen molar-refractivity contribution >= 4 is 73.0 Å². The van der Waals surface area contributed by atoms with Gasteiger partial charge in [-0.3, -0.25) is 9.80 Å². The van der Waals surface area contributed by atoms with Crippen molar-refractivity contribution in [1.82, 2.24) is 14.8 Å². The highest BCUT2D eigenvalue weighted by Gasteiger charge is 2.59. The van der Waals surface area contributed by atoms with E-state index < -0.39 is 35.2 Å². The van der Waals surface area contributed by atoms with Gasteiger partial charge in [0.2, 0.25) is 5.88 Å². The second-order valence-electron chi connectivity index (χ2n) is 14.1. The highest BCUT2D eigenvalue weighted by atomic mass is 127. The minimum atomic E-state index is -0.829. The van der Waals surface area contributed by atoms with Crippen LogP contribution in [0.2, 0.25) is 0 Å². The molecule has 1 aromatic heterocycles. The van der Waals surface area contributed by atoms with Gasteiger partial charge in [0.05, 0.1) is 22.2 Å². The number of likely N-dealkylation sites (tertiary alicyclic amines) is 1. The second-order valence-corrected chi connectivity index (χ2v) is 16.1. The van der Waals surface area contributed by atoms with Gasteiger partial charge in [0, 0.05) is 27.5 Å². The van der Waals surface area contributed by atoms with Crippen molar-refractivity contribution in [2.24, 2.45) is 5.92 Å². The van der Waals surface area contributed by atoms with Crippen LogP contribution < -0.4 is 15.4 Å². The maximum absolute atomic E-state index is 16.0. The van der Waals surface area contributed by atoms with E-state index in [0.29, 0.717) is 21.9 Å². The fraction of sp³-hybridized carbons (Fsp3) is 0.645. The van der Waals surface area contributed by atoms with Crippen LogP contribution in [0.25, 0.3) is 10.9 Å². The molecule has 10 nitrogen and oxygen atoms in total. The molecule has 1 aromatic carbocycles. The highest BCUT2D eigenvalue weighted by Crippen LogP contribution is 2.50. The van der Waals surface area contributed by atoms with Gasteiger partial charge >= 0.3 is 12.2 Å². The normalized spacial score (nSPS) is 24.3. The van der Waals surface area contributed by atoms with E-state index in [1.165, 1.54) is 4.90 Å². The molecule has 4 fully saturated rings. The van der Waals surface area contributed by atoms with Crippen molar-refractivity contribution in [2.45, 2.75) is 103 Å². The minimum absolute atomic E-state index is 0.0210. The molecular formula is C31H42BrFIN5O5. The van der Waals surface area contributed by atoms with E-state index in [1.807, 2.05) is 57.3 Å². The van der Waals surface area contributed by atoms with Gasteiger partial charge in [-0.15, -0.1) is 0 Å². The van der Waals surface area contributed by atoms with Gasteiger partial charge in [0.25, 0.3) is 0 Å². The number of nitrogens with two attached hydrogens (primary N) is 1. The van der Waals surface area contributed by atoms with Crippen molar-refractivity contribution in [1.29, 1.82) is 0 Å². The monoisotopic (exact) mass is 789 g/mol. The SMILES string of the molecule is C[C@H](Oc1nc2c(F)c(Br)c(I)cc2c(N(C(=O)OC(C)(C)C)C2C3CC2N(C(=O)OC(C)(C)C)C3)c1N)[C@@H]1CCCN1C. The maximum atomic E-state index is 16.0. The summed E-state index contributed by atoms with van der Waals surface area (Å²) in [4.78, 5) is 37.4. The number of rotatable bonds is 5. The number of hydrogen-bond donors (Lipinski definition) is 1. The van der Waals surface area contributed by atoms with Crippen molar-refractivity contribution < 1.29 is 28.2 Å². The molecule has 0 radical (unpaired) electrons. The van der Waals surface area contributed by atoms with Gasteiger partial charge in [-0.1, -0.05) is 0 Å². The lowest BCUT2D eigenvalue weighted by Crippen LogP contribution is -2.59. The van der Waals surface area contributed by atoms with Gasteiger partial charge in [-0.2, -0.15) is 0 Å². The number of fused-ring (bicyclic) bond motifs is 2. The Bertz CT molecular complexity index is 1480. The van der Waals surface area contributed by atoms with Crippen LogP contribution >= 0.6 is 38.5 Å². The zero-order valence-corrected chi connectivity index (χ0v) is 30.3. The average molecular weight is 791 g/mol. The molecule has 5 atom stereocenters. The van der Waals surface area contributed by atoms with Crippen molar-refractivity contribution in [2.75, 3.05) is 30.8 Å². The molecule has 6 rings (SSSR count). The summed E-state index contributed by atoms with van der Waals surface area (Å²) in [5.41, 5.74) is 5.78. The molecule has 2 amide bonds. The number of benzene rings is 1. The molecule has 2 bridgehead atoms. The number of amides is 2. The zero-order chi connectivity index (χ0) is 32.5. The number of likely N-dealkylation sites (N-methyl/N-ethyl adjacent to an activating group) is 1. The Hall–Kier alpha value is -2.13. The number of nitrogens with zero attached hydrogens (tertiary/aromatic N) is 4. The first kappa shape index (κ1) is 33.2. The lowest BCUT2D eigenvalue weighted by molar-refractivity contribution is 0.0216. The summed E-state index contributed by atoms with van der Waals surface area (Å²) in [6.07, 6.45) is 1.31. The van der Waals surface area contributed by atoms with E-state index in [2.05, 4.69) is 25.8 Å². The predicted molar refractivity (Wildman–Crippen MR) is 180 cm³/mol. The standard InChI is InChI=1S/C31H42BrFIN5O5/c1-15(19-10-9-11-37(19)8)42-27-23(35)26(17-13-18(34)21(32)22(33)24(17)36-27)39(29(41)44-31(5,6)7)25-16-12-20(25)38(14-16)28(40)43-30(2,3)4/h13,15-16,19-20,25H,9-12,14,35H2,1-8H3/t15-,16?,19-,20?,25?/m0/s1. The molecule has 242 valence electrons. The summed E-state index contributed by atoms with van der Waals surface area (Å²) in [6.45, 7) is 14.1. The van der Waals surface area contributed by atoms with Gasteiger partial charge in [-0.05, 0) is 126 Å².